The van der Waals surface area contributed by atoms with E-state index in [1.54, 1.807) is 0 Å². The molecule has 0 saturated carbocycles. The molecule has 2 aromatic rings. The minimum atomic E-state index is -1.11. The molecule has 0 atom stereocenters. The number of nitrogens with zero attached hydrogens (tertiary/aromatic N) is 1. The van der Waals surface area contributed by atoms with Crippen molar-refractivity contribution < 1.29 is 14.7 Å². The number of amides is 1. The van der Waals surface area contributed by atoms with Gasteiger partial charge in [0, 0.05) is 10.7 Å². The van der Waals surface area contributed by atoms with Crippen molar-refractivity contribution in [1.82, 2.24) is 4.98 Å². The molecule has 0 radical (unpaired) electrons. The van der Waals surface area contributed by atoms with Crippen LogP contribution in [0, 0.1) is 0 Å². The number of halogens is 1. The van der Waals surface area contributed by atoms with Crippen LogP contribution in [0.15, 0.2) is 29.9 Å². The van der Waals surface area contributed by atoms with Crippen LogP contribution in [-0.2, 0) is 0 Å². The van der Waals surface area contributed by atoms with Crippen LogP contribution in [0.3, 0.4) is 0 Å². The lowest BCUT2D eigenvalue weighted by Crippen LogP contribution is -2.11. The Hall–Kier alpha value is -1.92. The Morgan fingerprint density at radius 1 is 1.33 bits per heavy atom. The average molecular weight is 283 g/mol. The Balaban J connectivity index is 2.24. The number of anilines is 1. The van der Waals surface area contributed by atoms with Gasteiger partial charge >= 0.3 is 5.97 Å². The molecule has 0 fully saturated rings. The molecule has 2 rings (SSSR count). The zero-order chi connectivity index (χ0) is 13.1. The second kappa shape index (κ2) is 5.16. The first-order chi connectivity index (χ1) is 8.56. The average Bonchev–Trinajstić information content (AvgIpc) is 2.81. The van der Waals surface area contributed by atoms with Gasteiger partial charge in [0.05, 0.1) is 17.3 Å². The largest absolute Gasteiger partial charge is 0.478 e. The van der Waals surface area contributed by atoms with Gasteiger partial charge in [-0.25, -0.2) is 4.79 Å². The van der Waals surface area contributed by atoms with Crippen molar-refractivity contribution >= 4 is 40.5 Å². The molecule has 0 unspecified atom stereocenters. The first kappa shape index (κ1) is 12.5. The van der Waals surface area contributed by atoms with Crippen molar-refractivity contribution in [2.45, 2.75) is 0 Å². The summed E-state index contributed by atoms with van der Waals surface area (Å²) in [5.41, 5.74) is 1.88. The van der Waals surface area contributed by atoms with Gasteiger partial charge in [-0.1, -0.05) is 11.6 Å². The van der Waals surface area contributed by atoms with Crippen molar-refractivity contribution in [2.75, 3.05) is 5.32 Å². The molecule has 0 spiro atoms. The van der Waals surface area contributed by atoms with Crippen LogP contribution >= 0.6 is 22.9 Å². The molecular formula is C11H7ClN2O3S. The fourth-order valence-corrected chi connectivity index (χ4v) is 2.06. The van der Waals surface area contributed by atoms with Crippen molar-refractivity contribution in [3.63, 3.8) is 0 Å². The zero-order valence-corrected chi connectivity index (χ0v) is 10.5. The highest BCUT2D eigenvalue weighted by atomic mass is 35.5. The van der Waals surface area contributed by atoms with Crippen LogP contribution in [0.4, 0.5) is 5.69 Å². The molecule has 1 amide bonds. The normalized spacial score (nSPS) is 10.1. The van der Waals surface area contributed by atoms with Crippen LogP contribution in [0.2, 0.25) is 5.02 Å². The lowest BCUT2D eigenvalue weighted by atomic mass is 10.2. The van der Waals surface area contributed by atoms with E-state index in [4.69, 9.17) is 16.7 Å². The van der Waals surface area contributed by atoms with Crippen molar-refractivity contribution in [2.24, 2.45) is 0 Å². The fraction of sp³-hybridized carbons (Fsp3) is 0. The number of hydrogen-bond donors (Lipinski definition) is 2. The summed E-state index contributed by atoms with van der Waals surface area (Å²) in [5, 5.41) is 11.7. The second-order valence-corrected chi connectivity index (χ2v) is 4.68. The van der Waals surface area contributed by atoms with Gasteiger partial charge in [0.25, 0.3) is 5.91 Å². The third-order valence-electron chi connectivity index (χ3n) is 2.06. The number of carboxylic acid groups (broad SMARTS) is 1. The molecule has 92 valence electrons. The minimum absolute atomic E-state index is 0.0158. The standard InChI is InChI=1S/C11H7ClN2O3S/c12-7-1-6(11(16)17)2-8(3-7)14-10(15)9-4-13-5-18-9/h1-5H,(H,14,15)(H,16,17). The van der Waals surface area contributed by atoms with Gasteiger partial charge in [0.15, 0.2) is 0 Å². The second-order valence-electron chi connectivity index (χ2n) is 3.35. The van der Waals surface area contributed by atoms with E-state index in [9.17, 15) is 9.59 Å². The van der Waals surface area contributed by atoms with Gasteiger partial charge in [-0.05, 0) is 18.2 Å². The Morgan fingerprint density at radius 3 is 2.72 bits per heavy atom. The summed E-state index contributed by atoms with van der Waals surface area (Å²) in [4.78, 5) is 26.8. The SMILES string of the molecule is O=C(O)c1cc(Cl)cc(NC(=O)c2cncs2)c1. The summed E-state index contributed by atoms with van der Waals surface area (Å²) in [6.07, 6.45) is 1.43. The molecule has 18 heavy (non-hydrogen) atoms. The third kappa shape index (κ3) is 2.85. The molecule has 0 bridgehead atoms. The molecule has 1 heterocycles. The number of nitrogens with one attached hydrogen (secondary N) is 1. The fourth-order valence-electron chi connectivity index (χ4n) is 1.31. The number of hydrogen-bond acceptors (Lipinski definition) is 4. The van der Waals surface area contributed by atoms with Crippen molar-refractivity contribution in [3.8, 4) is 0 Å². The minimum Gasteiger partial charge on any atom is -0.478 e. The maximum atomic E-state index is 11.7. The number of aromatic nitrogens is 1. The molecule has 0 saturated heterocycles. The van der Waals surface area contributed by atoms with E-state index in [1.165, 1.54) is 41.2 Å². The number of benzene rings is 1. The van der Waals surface area contributed by atoms with Crippen molar-refractivity contribution in [3.05, 3.63) is 45.4 Å². The lowest BCUT2D eigenvalue weighted by Gasteiger charge is -2.05. The highest BCUT2D eigenvalue weighted by Gasteiger charge is 2.11. The summed E-state index contributed by atoms with van der Waals surface area (Å²) in [7, 11) is 0. The molecule has 5 nitrogen and oxygen atoms in total. The summed E-state index contributed by atoms with van der Waals surface area (Å²) in [6, 6.07) is 4.13. The highest BCUT2D eigenvalue weighted by molar-refractivity contribution is 7.11. The molecule has 0 aliphatic heterocycles. The predicted molar refractivity (Wildman–Crippen MR) is 68.5 cm³/mol. The Morgan fingerprint density at radius 2 is 2.11 bits per heavy atom. The van der Waals surface area contributed by atoms with E-state index >= 15 is 0 Å². The molecule has 1 aromatic carbocycles. The predicted octanol–water partition coefficient (Wildman–Crippen LogP) is 2.75. The van der Waals surface area contributed by atoms with E-state index in [-0.39, 0.29) is 16.5 Å². The van der Waals surface area contributed by atoms with Crippen molar-refractivity contribution in [1.29, 1.82) is 0 Å². The number of carbonyl (C=O) groups excluding carboxylic acids is 1. The third-order valence-corrected chi connectivity index (χ3v) is 3.05. The number of aromatic carboxylic acids is 1. The maximum absolute atomic E-state index is 11.7. The first-order valence-electron chi connectivity index (χ1n) is 4.80. The molecule has 7 heteroatoms. The van der Waals surface area contributed by atoms with Crippen LogP contribution in [0.5, 0.6) is 0 Å². The smallest absolute Gasteiger partial charge is 0.335 e. The highest BCUT2D eigenvalue weighted by Crippen LogP contribution is 2.20. The van der Waals surface area contributed by atoms with Gasteiger partial charge < -0.3 is 10.4 Å². The Kier molecular flexibility index (Phi) is 3.59. The Labute approximate surface area is 111 Å². The summed E-state index contributed by atoms with van der Waals surface area (Å²) >= 11 is 6.97. The molecule has 2 N–H and O–H groups in total. The van der Waals surface area contributed by atoms with E-state index in [2.05, 4.69) is 10.3 Å². The van der Waals surface area contributed by atoms with E-state index < -0.39 is 5.97 Å². The molecule has 1 aromatic heterocycles. The van der Waals surface area contributed by atoms with Gasteiger partial charge in [0.1, 0.15) is 4.88 Å². The molecular weight excluding hydrogens is 276 g/mol. The van der Waals surface area contributed by atoms with Crippen LogP contribution in [0.1, 0.15) is 20.0 Å². The Bertz CT molecular complexity index is 598. The van der Waals surface area contributed by atoms with Gasteiger partial charge in [0.2, 0.25) is 0 Å². The van der Waals surface area contributed by atoms with Crippen LogP contribution in [0.25, 0.3) is 0 Å². The maximum Gasteiger partial charge on any atom is 0.335 e. The summed E-state index contributed by atoms with van der Waals surface area (Å²) < 4.78 is 0. The number of thiazole rings is 1. The van der Waals surface area contributed by atoms with Crippen LogP contribution in [-0.4, -0.2) is 22.0 Å². The number of carboxylic acids is 1. The topological polar surface area (TPSA) is 79.3 Å². The van der Waals surface area contributed by atoms with E-state index in [0.29, 0.717) is 10.6 Å². The van der Waals surface area contributed by atoms with E-state index in [1.807, 2.05) is 0 Å². The van der Waals surface area contributed by atoms with Gasteiger partial charge in [-0.2, -0.15) is 0 Å². The molecule has 0 aliphatic carbocycles. The lowest BCUT2D eigenvalue weighted by molar-refractivity contribution is 0.0696. The first-order valence-corrected chi connectivity index (χ1v) is 6.06. The number of carbonyl (C=O) groups is 2. The zero-order valence-electron chi connectivity index (χ0n) is 8.88. The molecule has 0 aliphatic rings. The van der Waals surface area contributed by atoms with E-state index in [0.717, 1.165) is 0 Å². The quantitative estimate of drug-likeness (QED) is 0.907. The summed E-state index contributed by atoms with van der Waals surface area (Å²) in [6.45, 7) is 0. The van der Waals surface area contributed by atoms with Gasteiger partial charge in [-0.15, -0.1) is 11.3 Å². The number of rotatable bonds is 3. The monoisotopic (exact) mass is 282 g/mol. The van der Waals surface area contributed by atoms with Crippen LogP contribution < -0.4 is 5.32 Å². The summed E-state index contributed by atoms with van der Waals surface area (Å²) in [5.74, 6) is -1.46. The van der Waals surface area contributed by atoms with Gasteiger partial charge in [-0.3, -0.25) is 9.78 Å².